The second-order valence-electron chi connectivity index (χ2n) is 3.52. The van der Waals surface area contributed by atoms with Crippen molar-refractivity contribution in [2.24, 2.45) is 5.73 Å². The van der Waals surface area contributed by atoms with Gasteiger partial charge in [0, 0.05) is 0 Å². The van der Waals surface area contributed by atoms with E-state index in [1.165, 1.54) is 4.90 Å². The predicted octanol–water partition coefficient (Wildman–Crippen LogP) is 1.14. The summed E-state index contributed by atoms with van der Waals surface area (Å²) in [6.07, 6.45) is 2.93. The van der Waals surface area contributed by atoms with Crippen molar-refractivity contribution in [3.63, 3.8) is 0 Å². The smallest absolute Gasteiger partial charge is 0.320 e. The quantitative estimate of drug-likeness (QED) is 0.652. The molecule has 0 atom stereocenters. The van der Waals surface area contributed by atoms with Gasteiger partial charge in [-0.05, 0) is 5.54 Å². The zero-order valence-electron chi connectivity index (χ0n) is 7.94. The van der Waals surface area contributed by atoms with Crippen molar-refractivity contribution in [1.82, 2.24) is 4.90 Å². The Morgan fingerprint density at radius 2 is 2.31 bits per heavy atom. The third-order valence-corrected chi connectivity index (χ3v) is 1.50. The Morgan fingerprint density at radius 1 is 1.69 bits per heavy atom. The zero-order valence-corrected chi connectivity index (χ0v) is 7.94. The van der Waals surface area contributed by atoms with Crippen LogP contribution >= 0.6 is 0 Å². The highest BCUT2D eigenvalue weighted by Crippen LogP contribution is 2.22. The van der Waals surface area contributed by atoms with Gasteiger partial charge in [-0.15, -0.1) is 0 Å². The second kappa shape index (κ2) is 3.18. The first-order valence-corrected chi connectivity index (χ1v) is 3.91. The maximum absolute atomic E-state index is 10.8. The summed E-state index contributed by atoms with van der Waals surface area (Å²) in [6.45, 7) is 3.70. The third kappa shape index (κ3) is 2.55. The van der Waals surface area contributed by atoms with Crippen LogP contribution in [-0.2, 0) is 4.84 Å². The first kappa shape index (κ1) is 9.73. The number of hydrogen-bond acceptors (Lipinski definition) is 3. The Kier molecular flexibility index (Phi) is 2.38. The van der Waals surface area contributed by atoms with Gasteiger partial charge in [0.2, 0.25) is 0 Å². The summed E-state index contributed by atoms with van der Waals surface area (Å²) in [6, 6.07) is 0. The Balaban J connectivity index is 2.58. The Hall–Kier alpha value is -1.36. The highest BCUT2D eigenvalue weighted by atomic mass is 16.7. The molecular formula is C8H13N3O2-2. The maximum atomic E-state index is 10.8. The lowest BCUT2D eigenvalue weighted by atomic mass is 10.0. The molecule has 0 aliphatic carbocycles. The average molecular weight is 183 g/mol. The van der Waals surface area contributed by atoms with Crippen molar-refractivity contribution in [2.75, 3.05) is 7.05 Å². The third-order valence-electron chi connectivity index (χ3n) is 1.50. The summed E-state index contributed by atoms with van der Waals surface area (Å²) in [5, 5.41) is 0. The summed E-state index contributed by atoms with van der Waals surface area (Å²) in [5.41, 5.74) is 8.84. The molecule has 74 valence electrons. The Labute approximate surface area is 77.5 Å². The van der Waals surface area contributed by atoms with Crippen LogP contribution in [0.2, 0.25) is 0 Å². The van der Waals surface area contributed by atoms with Gasteiger partial charge < -0.3 is 21.0 Å². The molecule has 0 radical (unpaired) electrons. The lowest BCUT2D eigenvalue weighted by molar-refractivity contribution is 0.176. The molecule has 5 nitrogen and oxygen atoms in total. The number of carbonyl (C=O) groups is 1. The molecule has 0 aromatic rings. The molecule has 1 heterocycles. The van der Waals surface area contributed by atoms with E-state index in [2.05, 4.69) is 10.3 Å². The maximum Gasteiger partial charge on any atom is 0.320 e. The van der Waals surface area contributed by atoms with Gasteiger partial charge in [-0.2, -0.15) is 5.82 Å². The van der Waals surface area contributed by atoms with Gasteiger partial charge in [0.05, 0.1) is 0 Å². The normalized spacial score (nSPS) is 20.2. The molecule has 0 aromatic heterocycles. The van der Waals surface area contributed by atoms with Gasteiger partial charge in [-0.1, -0.05) is 20.9 Å². The van der Waals surface area contributed by atoms with Crippen LogP contribution in [0.3, 0.4) is 0 Å². The van der Waals surface area contributed by atoms with Crippen molar-refractivity contribution in [2.45, 2.75) is 19.4 Å². The molecule has 0 unspecified atom stereocenters. The van der Waals surface area contributed by atoms with Gasteiger partial charge >= 0.3 is 6.09 Å². The summed E-state index contributed by atoms with van der Waals surface area (Å²) in [7, 11) is 1.59. The standard InChI is InChI=1S/C8H13N3O2/c1-8(2,9)5-4-6-10-13-7(12)11(6)3/h4-5H,9H2,1-3H3/q-2. The first-order chi connectivity index (χ1) is 5.90. The monoisotopic (exact) mass is 183 g/mol. The van der Waals surface area contributed by atoms with E-state index in [9.17, 15) is 4.79 Å². The number of hydroxylamine groups is 1. The van der Waals surface area contributed by atoms with Crippen molar-refractivity contribution >= 4 is 6.09 Å². The van der Waals surface area contributed by atoms with Gasteiger partial charge in [-0.3, -0.25) is 4.79 Å². The van der Waals surface area contributed by atoms with E-state index in [1.807, 2.05) is 13.8 Å². The Bertz CT molecular complexity index is 242. The van der Waals surface area contributed by atoms with E-state index >= 15 is 0 Å². The number of carbonyl (C=O) groups excluding carboxylic acids is 1. The van der Waals surface area contributed by atoms with Crippen LogP contribution in [-0.4, -0.2) is 23.6 Å². The van der Waals surface area contributed by atoms with Gasteiger partial charge in [0.25, 0.3) is 0 Å². The number of rotatable bonds is 2. The van der Waals surface area contributed by atoms with Crippen LogP contribution < -0.4 is 5.73 Å². The van der Waals surface area contributed by atoms with Crippen LogP contribution in [0.25, 0.3) is 5.48 Å². The first-order valence-electron chi connectivity index (χ1n) is 3.91. The van der Waals surface area contributed by atoms with Crippen LogP contribution in [0.15, 0.2) is 11.9 Å². The average Bonchev–Trinajstić information content (AvgIpc) is 2.29. The molecule has 1 rings (SSSR count). The fourth-order valence-corrected chi connectivity index (χ4v) is 0.733. The molecule has 0 spiro atoms. The molecule has 1 saturated heterocycles. The fraction of sp³-hybridized carbons (Fsp3) is 0.500. The number of nitrogens with two attached hydrogens (primary N) is 1. The van der Waals surface area contributed by atoms with Crippen LogP contribution in [0.4, 0.5) is 4.79 Å². The largest absolute Gasteiger partial charge is 0.459 e. The minimum Gasteiger partial charge on any atom is -0.459 e. The van der Waals surface area contributed by atoms with Crippen molar-refractivity contribution < 1.29 is 9.63 Å². The summed E-state index contributed by atoms with van der Waals surface area (Å²) in [5.74, 6) is 0.462. The molecule has 1 amide bonds. The van der Waals surface area contributed by atoms with Crippen molar-refractivity contribution in [3.8, 4) is 0 Å². The zero-order chi connectivity index (χ0) is 10.1. The summed E-state index contributed by atoms with van der Waals surface area (Å²) in [4.78, 5) is 16.6. The van der Waals surface area contributed by atoms with E-state index < -0.39 is 11.6 Å². The van der Waals surface area contributed by atoms with Crippen molar-refractivity contribution in [3.05, 3.63) is 23.8 Å². The molecule has 5 heteroatoms. The molecule has 2 N–H and O–H groups in total. The van der Waals surface area contributed by atoms with Gasteiger partial charge in [0.15, 0.2) is 0 Å². The molecule has 1 aliphatic heterocycles. The molecule has 1 fully saturated rings. The summed E-state index contributed by atoms with van der Waals surface area (Å²) < 4.78 is 0. The van der Waals surface area contributed by atoms with E-state index in [4.69, 9.17) is 5.73 Å². The highest BCUT2D eigenvalue weighted by molar-refractivity contribution is 5.74. The molecule has 0 saturated carbocycles. The fourth-order valence-electron chi connectivity index (χ4n) is 0.733. The lowest BCUT2D eigenvalue weighted by Gasteiger charge is -2.29. The van der Waals surface area contributed by atoms with E-state index in [0.29, 0.717) is 5.82 Å². The second-order valence-corrected chi connectivity index (χ2v) is 3.52. The minimum absolute atomic E-state index is 0.422. The lowest BCUT2D eigenvalue weighted by Crippen LogP contribution is -2.31. The van der Waals surface area contributed by atoms with E-state index in [-0.39, 0.29) is 0 Å². The van der Waals surface area contributed by atoms with Crippen LogP contribution in [0.1, 0.15) is 13.8 Å². The SMILES string of the molecule is CN1C(=O)O[N-]C1=C[CH-]C(C)(C)N. The van der Waals surface area contributed by atoms with Crippen molar-refractivity contribution in [1.29, 1.82) is 0 Å². The molecule has 0 bridgehead atoms. The topological polar surface area (TPSA) is 69.7 Å². The number of amides is 1. The molecule has 13 heavy (non-hydrogen) atoms. The Morgan fingerprint density at radius 3 is 2.69 bits per heavy atom. The minimum atomic E-state index is -0.477. The molecule has 1 aliphatic rings. The number of hydrogen-bond donors (Lipinski definition) is 1. The predicted molar refractivity (Wildman–Crippen MR) is 48.3 cm³/mol. The van der Waals surface area contributed by atoms with Gasteiger partial charge in [0.1, 0.15) is 0 Å². The van der Waals surface area contributed by atoms with Gasteiger partial charge in [-0.25, -0.2) is 12.5 Å². The van der Waals surface area contributed by atoms with E-state index in [1.54, 1.807) is 19.5 Å². The molecule has 0 aromatic carbocycles. The number of nitrogens with zero attached hydrogens (tertiary/aromatic N) is 2. The molecular weight excluding hydrogens is 170 g/mol. The highest BCUT2D eigenvalue weighted by Gasteiger charge is 2.07. The van der Waals surface area contributed by atoms with Crippen LogP contribution in [0, 0.1) is 6.42 Å². The van der Waals surface area contributed by atoms with E-state index in [0.717, 1.165) is 0 Å². The van der Waals surface area contributed by atoms with Crippen LogP contribution in [0.5, 0.6) is 0 Å². The summed E-state index contributed by atoms with van der Waals surface area (Å²) >= 11 is 0.